The number of amides is 1. The molecule has 31 heavy (non-hydrogen) atoms. The van der Waals surface area contributed by atoms with E-state index in [1.165, 1.54) is 22.8 Å². The van der Waals surface area contributed by atoms with Crippen LogP contribution in [-0.2, 0) is 4.79 Å². The summed E-state index contributed by atoms with van der Waals surface area (Å²) in [4.78, 5) is 16.7. The first kappa shape index (κ1) is 18.9. The topological polar surface area (TPSA) is 77.8 Å². The van der Waals surface area contributed by atoms with Gasteiger partial charge in [0, 0.05) is 11.8 Å². The van der Waals surface area contributed by atoms with E-state index in [2.05, 4.69) is 15.4 Å². The Morgan fingerprint density at radius 2 is 1.81 bits per heavy atom. The van der Waals surface area contributed by atoms with Crippen LogP contribution in [0, 0.1) is 17.5 Å². The minimum atomic E-state index is -1.30. The molecule has 5 rings (SSSR count). The average molecular weight is 426 g/mol. The third-order valence-corrected chi connectivity index (χ3v) is 4.70. The summed E-state index contributed by atoms with van der Waals surface area (Å²) in [6.07, 6.45) is 0.377. The molecule has 0 bridgehead atoms. The second-order valence-electron chi connectivity index (χ2n) is 6.73. The maximum Gasteiger partial charge on any atom is 0.271 e. The number of halogens is 3. The third kappa shape index (κ3) is 3.41. The second-order valence-corrected chi connectivity index (χ2v) is 6.73. The molecule has 1 aliphatic rings. The smallest absolute Gasteiger partial charge is 0.271 e. The molecule has 1 N–H and O–H groups in total. The highest BCUT2D eigenvalue weighted by Crippen LogP contribution is 2.31. The molecule has 1 atom stereocenters. The molecule has 2 aromatic carbocycles. The molecular formula is C21H13F3N4O3. The Balaban J connectivity index is 1.39. The first-order chi connectivity index (χ1) is 15.0. The van der Waals surface area contributed by atoms with Crippen molar-refractivity contribution in [3.8, 4) is 22.6 Å². The molecule has 2 aromatic heterocycles. The van der Waals surface area contributed by atoms with Crippen LogP contribution in [0.1, 0.15) is 0 Å². The van der Waals surface area contributed by atoms with Crippen LogP contribution in [0.5, 0.6) is 11.5 Å². The van der Waals surface area contributed by atoms with Crippen molar-refractivity contribution >= 4 is 17.5 Å². The van der Waals surface area contributed by atoms with Crippen LogP contribution in [0.15, 0.2) is 54.7 Å². The Morgan fingerprint density at radius 3 is 2.65 bits per heavy atom. The van der Waals surface area contributed by atoms with Crippen molar-refractivity contribution < 1.29 is 27.4 Å². The lowest BCUT2D eigenvalue weighted by Crippen LogP contribution is -2.40. The number of benzene rings is 2. The molecule has 0 aliphatic carbocycles. The van der Waals surface area contributed by atoms with Crippen molar-refractivity contribution in [2.45, 2.75) is 6.10 Å². The highest BCUT2D eigenvalue weighted by molar-refractivity contribution is 5.93. The Kier molecular flexibility index (Phi) is 4.46. The summed E-state index contributed by atoms with van der Waals surface area (Å²) in [6, 6.07) is 11.3. The Hall–Kier alpha value is -4.08. The zero-order chi connectivity index (χ0) is 21.5. The number of nitrogens with one attached hydrogen (secondary N) is 1. The summed E-state index contributed by atoms with van der Waals surface area (Å²) in [7, 11) is 0. The highest BCUT2D eigenvalue weighted by atomic mass is 19.2. The van der Waals surface area contributed by atoms with Gasteiger partial charge in [-0.05, 0) is 36.4 Å². The van der Waals surface area contributed by atoms with Crippen LogP contribution in [0.2, 0.25) is 0 Å². The molecule has 0 saturated carbocycles. The molecule has 156 valence electrons. The average Bonchev–Trinajstić information content (AvgIpc) is 3.18. The van der Waals surface area contributed by atoms with Crippen molar-refractivity contribution in [1.29, 1.82) is 0 Å². The molecule has 1 aliphatic heterocycles. The van der Waals surface area contributed by atoms with Crippen LogP contribution in [0.3, 0.4) is 0 Å². The van der Waals surface area contributed by atoms with Gasteiger partial charge in [-0.2, -0.15) is 4.98 Å². The van der Waals surface area contributed by atoms with Gasteiger partial charge in [-0.25, -0.2) is 17.7 Å². The van der Waals surface area contributed by atoms with E-state index >= 15 is 0 Å². The number of aromatic nitrogens is 3. The number of pyridine rings is 1. The molecular weight excluding hydrogens is 413 g/mol. The minimum absolute atomic E-state index is 0.0124. The predicted octanol–water partition coefficient (Wildman–Crippen LogP) is 3.59. The highest BCUT2D eigenvalue weighted by Gasteiger charge is 2.28. The molecule has 0 saturated heterocycles. The Morgan fingerprint density at radius 1 is 1.03 bits per heavy atom. The van der Waals surface area contributed by atoms with E-state index < -0.39 is 35.0 Å². The quantitative estimate of drug-likeness (QED) is 0.507. The van der Waals surface area contributed by atoms with Crippen LogP contribution < -0.4 is 14.8 Å². The fourth-order valence-corrected chi connectivity index (χ4v) is 3.22. The van der Waals surface area contributed by atoms with Crippen LogP contribution in [-0.4, -0.2) is 33.2 Å². The monoisotopic (exact) mass is 426 g/mol. The van der Waals surface area contributed by atoms with Crippen molar-refractivity contribution in [1.82, 2.24) is 14.6 Å². The summed E-state index contributed by atoms with van der Waals surface area (Å²) in [5.41, 5.74) is -0.151. The standard InChI is InChI=1S/C21H13F3N4O3/c22-12-6-7-13(23)19(24)18(12)11-5-8-17-25-21(27-28(17)9-11)26-20(29)16-10-30-14-3-1-2-4-15(14)31-16/h1-9,16H,10H2,(H,26,27,29)/t16-/m1/s1. The molecule has 7 nitrogen and oxygen atoms in total. The summed E-state index contributed by atoms with van der Waals surface area (Å²) in [6.45, 7) is 0.0124. The second kappa shape index (κ2) is 7.31. The van der Waals surface area contributed by atoms with Crippen molar-refractivity contribution in [3.63, 3.8) is 0 Å². The number of hydrogen-bond donors (Lipinski definition) is 1. The van der Waals surface area contributed by atoms with Gasteiger partial charge in [0.1, 0.15) is 12.4 Å². The van der Waals surface area contributed by atoms with Crippen molar-refractivity contribution in [2.75, 3.05) is 11.9 Å². The molecule has 0 spiro atoms. The number of rotatable bonds is 3. The van der Waals surface area contributed by atoms with Crippen LogP contribution in [0.25, 0.3) is 16.8 Å². The van der Waals surface area contributed by atoms with E-state index in [-0.39, 0.29) is 18.1 Å². The SMILES string of the molecule is O=C(Nc1nc2ccc(-c3c(F)ccc(F)c3F)cn2n1)[C@H]1COc2ccccc2O1. The van der Waals surface area contributed by atoms with Crippen LogP contribution >= 0.6 is 0 Å². The predicted molar refractivity (Wildman–Crippen MR) is 103 cm³/mol. The van der Waals surface area contributed by atoms with Gasteiger partial charge in [-0.15, -0.1) is 5.10 Å². The molecule has 1 amide bonds. The Bertz CT molecular complexity index is 1320. The van der Waals surface area contributed by atoms with Gasteiger partial charge in [-0.1, -0.05) is 12.1 Å². The zero-order valence-electron chi connectivity index (χ0n) is 15.7. The van der Waals surface area contributed by atoms with E-state index in [9.17, 15) is 18.0 Å². The molecule has 3 heterocycles. The normalized spacial score (nSPS) is 15.1. The lowest BCUT2D eigenvalue weighted by molar-refractivity contribution is -0.125. The van der Waals surface area contributed by atoms with Crippen molar-refractivity contribution in [3.05, 3.63) is 72.2 Å². The molecule has 0 radical (unpaired) electrons. The Labute approximate surface area is 173 Å². The largest absolute Gasteiger partial charge is 0.485 e. The van der Waals surface area contributed by atoms with Gasteiger partial charge in [0.2, 0.25) is 12.1 Å². The molecule has 4 aromatic rings. The number of carbonyl (C=O) groups excluding carboxylic acids is 1. The van der Waals surface area contributed by atoms with Gasteiger partial charge in [0.15, 0.2) is 28.8 Å². The molecule has 0 unspecified atom stereocenters. The van der Waals surface area contributed by atoms with Gasteiger partial charge < -0.3 is 9.47 Å². The van der Waals surface area contributed by atoms with Gasteiger partial charge in [0.25, 0.3) is 5.91 Å². The number of carbonyl (C=O) groups is 1. The third-order valence-electron chi connectivity index (χ3n) is 4.70. The van der Waals surface area contributed by atoms with E-state index in [0.29, 0.717) is 23.2 Å². The summed E-state index contributed by atoms with van der Waals surface area (Å²) in [5.74, 6) is -2.95. The van der Waals surface area contributed by atoms with Crippen LogP contribution in [0.4, 0.5) is 19.1 Å². The van der Waals surface area contributed by atoms with E-state index in [1.54, 1.807) is 24.3 Å². The van der Waals surface area contributed by atoms with E-state index in [0.717, 1.165) is 6.07 Å². The number of para-hydroxylation sites is 2. The van der Waals surface area contributed by atoms with Gasteiger partial charge in [-0.3, -0.25) is 10.1 Å². The maximum absolute atomic E-state index is 14.1. The lowest BCUT2D eigenvalue weighted by Gasteiger charge is -2.25. The number of ether oxygens (including phenoxy) is 2. The van der Waals surface area contributed by atoms with Crippen molar-refractivity contribution in [2.24, 2.45) is 0 Å². The number of hydrogen-bond acceptors (Lipinski definition) is 5. The first-order valence-corrected chi connectivity index (χ1v) is 9.19. The summed E-state index contributed by atoms with van der Waals surface area (Å²) in [5, 5.41) is 6.63. The zero-order valence-corrected chi connectivity index (χ0v) is 15.7. The number of anilines is 1. The number of fused-ring (bicyclic) bond motifs is 2. The van der Waals surface area contributed by atoms with Gasteiger partial charge in [0.05, 0.1) is 5.56 Å². The fourth-order valence-electron chi connectivity index (χ4n) is 3.22. The fraction of sp³-hybridized carbons (Fsp3) is 0.0952. The summed E-state index contributed by atoms with van der Waals surface area (Å²) < 4.78 is 54.1. The molecule has 0 fully saturated rings. The first-order valence-electron chi connectivity index (χ1n) is 9.19. The summed E-state index contributed by atoms with van der Waals surface area (Å²) >= 11 is 0. The van der Waals surface area contributed by atoms with E-state index in [4.69, 9.17) is 9.47 Å². The number of nitrogens with zero attached hydrogens (tertiary/aromatic N) is 3. The van der Waals surface area contributed by atoms with Gasteiger partial charge >= 0.3 is 0 Å². The molecule has 10 heteroatoms. The van der Waals surface area contributed by atoms with E-state index in [1.807, 2.05) is 0 Å². The lowest BCUT2D eigenvalue weighted by atomic mass is 10.1. The minimum Gasteiger partial charge on any atom is -0.485 e. The maximum atomic E-state index is 14.1.